The Kier molecular flexibility index (Phi) is 4.95. The summed E-state index contributed by atoms with van der Waals surface area (Å²) < 4.78 is 3.99. The third kappa shape index (κ3) is 3.46. The molecule has 5 heterocycles. The highest BCUT2D eigenvalue weighted by Crippen LogP contribution is 2.41. The molecule has 2 unspecified atom stereocenters. The van der Waals surface area contributed by atoms with Gasteiger partial charge in [-0.05, 0) is 55.9 Å². The van der Waals surface area contributed by atoms with Gasteiger partial charge in [0.15, 0.2) is 5.11 Å². The summed E-state index contributed by atoms with van der Waals surface area (Å²) in [6.07, 6.45) is 8.89. The molecule has 4 aromatic rings. The van der Waals surface area contributed by atoms with Gasteiger partial charge in [0.1, 0.15) is 12.7 Å². The number of aryl methyl sites for hydroxylation is 1. The molecule has 156 valence electrons. The zero-order valence-corrected chi connectivity index (χ0v) is 18.1. The van der Waals surface area contributed by atoms with Crippen LogP contribution in [0.5, 0.6) is 0 Å². The van der Waals surface area contributed by atoms with Gasteiger partial charge in [0, 0.05) is 42.1 Å². The molecule has 2 atom stereocenters. The van der Waals surface area contributed by atoms with Gasteiger partial charge in [-0.25, -0.2) is 4.68 Å². The maximum absolute atomic E-state index is 5.79. The number of pyridine rings is 2. The summed E-state index contributed by atoms with van der Waals surface area (Å²) in [5.74, 6) is 0. The Labute approximate surface area is 185 Å². The van der Waals surface area contributed by atoms with Crippen molar-refractivity contribution >= 4 is 17.3 Å². The number of thiocarbonyl (C=S) groups is 1. The molecule has 1 saturated heterocycles. The third-order valence-corrected chi connectivity index (χ3v) is 6.02. The van der Waals surface area contributed by atoms with Crippen molar-refractivity contribution < 1.29 is 0 Å². The molecule has 0 amide bonds. The number of aromatic nitrogens is 6. The van der Waals surface area contributed by atoms with E-state index in [1.54, 1.807) is 18.9 Å². The Morgan fingerprint density at radius 2 is 1.90 bits per heavy atom. The van der Waals surface area contributed by atoms with Crippen molar-refractivity contribution in [1.82, 2.24) is 39.7 Å². The van der Waals surface area contributed by atoms with Crippen molar-refractivity contribution in [2.45, 2.75) is 32.5 Å². The minimum Gasteiger partial charge on any atom is -0.352 e. The highest BCUT2D eigenvalue weighted by molar-refractivity contribution is 7.80. The van der Waals surface area contributed by atoms with Crippen molar-refractivity contribution in [3.8, 4) is 0 Å². The van der Waals surface area contributed by atoms with Crippen LogP contribution in [0.3, 0.4) is 0 Å². The van der Waals surface area contributed by atoms with E-state index in [9.17, 15) is 0 Å². The first-order valence-electron chi connectivity index (χ1n) is 10.0. The highest BCUT2D eigenvalue weighted by Gasteiger charge is 2.41. The van der Waals surface area contributed by atoms with Gasteiger partial charge in [0.2, 0.25) is 0 Å². The summed E-state index contributed by atoms with van der Waals surface area (Å²) >= 11 is 5.79. The molecular formula is C22H22N8S. The van der Waals surface area contributed by atoms with Crippen molar-refractivity contribution in [3.63, 3.8) is 0 Å². The first kappa shape index (κ1) is 19.4. The molecule has 0 aliphatic carbocycles. The van der Waals surface area contributed by atoms with Crippen LogP contribution in [0.25, 0.3) is 0 Å². The zero-order chi connectivity index (χ0) is 21.4. The molecule has 0 spiro atoms. The summed E-state index contributed by atoms with van der Waals surface area (Å²) in [6.45, 7) is 4.85. The summed E-state index contributed by atoms with van der Waals surface area (Å²) in [5, 5.41) is 12.1. The van der Waals surface area contributed by atoms with Crippen molar-refractivity contribution in [1.29, 1.82) is 0 Å². The molecule has 4 aromatic heterocycles. The minimum absolute atomic E-state index is 0.0287. The van der Waals surface area contributed by atoms with Crippen LogP contribution in [0.15, 0.2) is 67.6 Å². The number of rotatable bonds is 5. The molecule has 1 aliphatic heterocycles. The average Bonchev–Trinajstić information content (AvgIpc) is 3.49. The van der Waals surface area contributed by atoms with E-state index in [1.165, 1.54) is 5.56 Å². The van der Waals surface area contributed by atoms with Gasteiger partial charge in [0.25, 0.3) is 0 Å². The quantitative estimate of drug-likeness (QED) is 0.488. The molecule has 8 nitrogen and oxygen atoms in total. The molecule has 5 rings (SSSR count). The van der Waals surface area contributed by atoms with E-state index in [4.69, 9.17) is 12.2 Å². The maximum Gasteiger partial charge on any atom is 0.170 e. The zero-order valence-electron chi connectivity index (χ0n) is 17.3. The second kappa shape index (κ2) is 7.92. The van der Waals surface area contributed by atoms with Crippen LogP contribution in [0, 0.1) is 13.8 Å². The highest BCUT2D eigenvalue weighted by atomic mass is 32.1. The Hall–Kier alpha value is -3.59. The molecule has 1 aliphatic rings. The van der Waals surface area contributed by atoms with Crippen molar-refractivity contribution in [2.75, 3.05) is 0 Å². The normalized spacial score (nSPS) is 18.4. The van der Waals surface area contributed by atoms with E-state index in [1.807, 2.05) is 41.3 Å². The first-order valence-corrected chi connectivity index (χ1v) is 10.5. The van der Waals surface area contributed by atoms with Crippen LogP contribution in [0.4, 0.5) is 0 Å². The van der Waals surface area contributed by atoms with Crippen LogP contribution < -0.4 is 5.32 Å². The number of hydrogen-bond acceptors (Lipinski definition) is 5. The van der Waals surface area contributed by atoms with Crippen LogP contribution in [-0.2, 0) is 6.54 Å². The van der Waals surface area contributed by atoms with Crippen LogP contribution >= 0.6 is 12.2 Å². The van der Waals surface area contributed by atoms with E-state index >= 15 is 0 Å². The van der Waals surface area contributed by atoms with Gasteiger partial charge >= 0.3 is 0 Å². The van der Waals surface area contributed by atoms with Crippen molar-refractivity contribution in [2.24, 2.45) is 0 Å². The standard InChI is InChI=1S/C22H22N8S/c1-15-10-18(16(2)30(15)28-13-25-26-14-28)21-20(19-7-3-4-9-24-19)27-22(31)29(21)12-17-6-5-8-23-11-17/h3-11,13-14,20-21H,12H2,1-2H3,(H,27,31). The Morgan fingerprint density at radius 1 is 1.06 bits per heavy atom. The van der Waals surface area contributed by atoms with Gasteiger partial charge in [-0.1, -0.05) is 12.1 Å². The van der Waals surface area contributed by atoms with Crippen LogP contribution in [-0.4, -0.2) is 39.5 Å². The lowest BCUT2D eigenvalue weighted by molar-refractivity contribution is 0.309. The van der Waals surface area contributed by atoms with Crippen molar-refractivity contribution in [3.05, 3.63) is 95.9 Å². The molecule has 0 aromatic carbocycles. The van der Waals surface area contributed by atoms with Crippen LogP contribution in [0.2, 0.25) is 0 Å². The predicted octanol–water partition coefficient (Wildman–Crippen LogP) is 2.97. The second-order valence-electron chi connectivity index (χ2n) is 7.60. The fourth-order valence-electron chi connectivity index (χ4n) is 4.33. The molecule has 1 fully saturated rings. The summed E-state index contributed by atoms with van der Waals surface area (Å²) in [7, 11) is 0. The molecule has 0 radical (unpaired) electrons. The van der Waals surface area contributed by atoms with E-state index in [-0.39, 0.29) is 12.1 Å². The average molecular weight is 431 g/mol. The van der Waals surface area contributed by atoms with E-state index in [2.05, 4.69) is 61.0 Å². The molecule has 9 heteroatoms. The lowest BCUT2D eigenvalue weighted by atomic mass is 9.96. The molecule has 0 bridgehead atoms. The number of hydrogen-bond donors (Lipinski definition) is 1. The predicted molar refractivity (Wildman–Crippen MR) is 120 cm³/mol. The largest absolute Gasteiger partial charge is 0.352 e. The topological polar surface area (TPSA) is 76.7 Å². The van der Waals surface area contributed by atoms with Gasteiger partial charge in [-0.15, -0.1) is 10.2 Å². The Bertz CT molecular complexity index is 1190. The number of nitrogens with one attached hydrogen (secondary N) is 1. The third-order valence-electron chi connectivity index (χ3n) is 5.66. The summed E-state index contributed by atoms with van der Waals surface area (Å²) in [4.78, 5) is 11.1. The maximum atomic E-state index is 5.79. The van der Waals surface area contributed by atoms with Gasteiger partial charge < -0.3 is 10.2 Å². The molecule has 31 heavy (non-hydrogen) atoms. The minimum atomic E-state index is -0.0692. The molecule has 0 saturated carbocycles. The Morgan fingerprint density at radius 3 is 2.61 bits per heavy atom. The summed E-state index contributed by atoms with van der Waals surface area (Å²) in [6, 6.07) is 12.1. The lowest BCUT2D eigenvalue weighted by Gasteiger charge is -2.28. The SMILES string of the molecule is Cc1cc(C2C(c3ccccn3)NC(=S)N2Cc2cccnc2)c(C)n1-n1cnnc1. The van der Waals surface area contributed by atoms with Gasteiger partial charge in [-0.2, -0.15) is 0 Å². The van der Waals surface area contributed by atoms with E-state index in [0.29, 0.717) is 11.7 Å². The monoisotopic (exact) mass is 430 g/mol. The van der Waals surface area contributed by atoms with E-state index in [0.717, 1.165) is 22.6 Å². The smallest absolute Gasteiger partial charge is 0.170 e. The first-order chi connectivity index (χ1) is 15.1. The Balaban J connectivity index is 1.62. The fourth-order valence-corrected chi connectivity index (χ4v) is 4.64. The second-order valence-corrected chi connectivity index (χ2v) is 7.98. The summed E-state index contributed by atoms with van der Waals surface area (Å²) in [5.41, 5.74) is 5.43. The molecular weight excluding hydrogens is 408 g/mol. The lowest BCUT2D eigenvalue weighted by Crippen LogP contribution is -2.29. The number of nitrogens with zero attached hydrogens (tertiary/aromatic N) is 7. The fraction of sp³-hybridized carbons (Fsp3) is 0.227. The van der Waals surface area contributed by atoms with E-state index < -0.39 is 0 Å². The van der Waals surface area contributed by atoms with Crippen LogP contribution in [0.1, 0.15) is 40.3 Å². The molecule has 1 N–H and O–H groups in total. The van der Waals surface area contributed by atoms with Gasteiger partial charge in [-0.3, -0.25) is 14.6 Å². The van der Waals surface area contributed by atoms with Gasteiger partial charge in [0.05, 0.1) is 17.8 Å².